The Labute approximate surface area is 129 Å². The number of hydrazine groups is 1. The molecule has 21 heavy (non-hydrogen) atoms. The fraction of sp³-hybridized carbons (Fsp3) is 0.333. The lowest BCUT2D eigenvalue weighted by Crippen LogP contribution is -2.19. The molecule has 0 radical (unpaired) electrons. The average molecular weight is 307 g/mol. The number of rotatable bonds is 4. The van der Waals surface area contributed by atoms with Gasteiger partial charge in [-0.2, -0.15) is 4.98 Å². The summed E-state index contributed by atoms with van der Waals surface area (Å²) >= 11 is 5.95. The predicted molar refractivity (Wildman–Crippen MR) is 84.3 cm³/mol. The number of benzene rings is 1. The van der Waals surface area contributed by atoms with E-state index in [1.807, 2.05) is 45.0 Å². The summed E-state index contributed by atoms with van der Waals surface area (Å²) in [6, 6.07) is 9.17. The second kappa shape index (κ2) is 6.28. The summed E-state index contributed by atoms with van der Waals surface area (Å²) in [5.41, 5.74) is 3.31. The number of nitrogen functional groups attached to an aromatic ring is 1. The maximum atomic E-state index is 5.95. The standard InChI is InChI=1S/C15H19ClN4O/c1-15(2,3)14-18-12(20-17)8-13(19-14)21-9-10-5-4-6-11(16)7-10/h4-8H,9,17H2,1-3H3,(H,18,19,20). The minimum absolute atomic E-state index is 0.193. The molecular formula is C15H19ClN4O. The second-order valence-corrected chi connectivity index (χ2v) is 6.16. The van der Waals surface area contributed by atoms with Gasteiger partial charge in [0.2, 0.25) is 5.88 Å². The monoisotopic (exact) mass is 306 g/mol. The van der Waals surface area contributed by atoms with Gasteiger partial charge >= 0.3 is 0 Å². The summed E-state index contributed by atoms with van der Waals surface area (Å²) in [6.07, 6.45) is 0. The zero-order valence-corrected chi connectivity index (χ0v) is 13.1. The van der Waals surface area contributed by atoms with Crippen molar-refractivity contribution < 1.29 is 4.74 Å². The average Bonchev–Trinajstić information content (AvgIpc) is 2.44. The van der Waals surface area contributed by atoms with Crippen LogP contribution in [0.15, 0.2) is 30.3 Å². The number of nitrogens with zero attached hydrogens (tertiary/aromatic N) is 2. The lowest BCUT2D eigenvalue weighted by atomic mass is 9.96. The number of ether oxygens (including phenoxy) is 1. The molecule has 0 saturated heterocycles. The highest BCUT2D eigenvalue weighted by Crippen LogP contribution is 2.23. The van der Waals surface area contributed by atoms with Gasteiger partial charge in [-0.25, -0.2) is 10.8 Å². The van der Waals surface area contributed by atoms with Crippen LogP contribution in [0.2, 0.25) is 5.02 Å². The summed E-state index contributed by atoms with van der Waals surface area (Å²) in [5, 5.41) is 0.679. The lowest BCUT2D eigenvalue weighted by Gasteiger charge is -2.18. The maximum Gasteiger partial charge on any atom is 0.219 e. The minimum Gasteiger partial charge on any atom is -0.473 e. The van der Waals surface area contributed by atoms with Crippen molar-refractivity contribution in [2.75, 3.05) is 5.43 Å². The molecule has 0 unspecified atom stereocenters. The number of hydrogen-bond acceptors (Lipinski definition) is 5. The summed E-state index contributed by atoms with van der Waals surface area (Å²) < 4.78 is 5.72. The Bertz CT molecular complexity index is 625. The third kappa shape index (κ3) is 4.31. The minimum atomic E-state index is -0.193. The first-order chi connectivity index (χ1) is 9.88. The topological polar surface area (TPSA) is 73.1 Å². The zero-order valence-electron chi connectivity index (χ0n) is 12.4. The molecule has 2 aromatic rings. The van der Waals surface area contributed by atoms with Gasteiger partial charge in [0.05, 0.1) is 0 Å². The molecule has 0 spiro atoms. The molecule has 1 heterocycles. The Morgan fingerprint density at radius 3 is 2.62 bits per heavy atom. The Balaban J connectivity index is 2.19. The highest BCUT2D eigenvalue weighted by Gasteiger charge is 2.19. The summed E-state index contributed by atoms with van der Waals surface area (Å²) in [5.74, 6) is 7.11. The van der Waals surface area contributed by atoms with Crippen molar-refractivity contribution in [3.63, 3.8) is 0 Å². The van der Waals surface area contributed by atoms with E-state index < -0.39 is 0 Å². The van der Waals surface area contributed by atoms with Crippen molar-refractivity contribution in [1.29, 1.82) is 0 Å². The smallest absolute Gasteiger partial charge is 0.219 e. The van der Waals surface area contributed by atoms with Gasteiger partial charge in [-0.3, -0.25) is 0 Å². The molecule has 0 aliphatic rings. The first-order valence-corrected chi connectivity index (χ1v) is 7.00. The molecule has 0 aliphatic carbocycles. The Morgan fingerprint density at radius 1 is 1.24 bits per heavy atom. The molecule has 0 amide bonds. The summed E-state index contributed by atoms with van der Waals surface area (Å²) in [6.45, 7) is 6.47. The molecule has 0 fully saturated rings. The first kappa shape index (κ1) is 15.5. The third-order valence-electron chi connectivity index (χ3n) is 2.80. The zero-order chi connectivity index (χ0) is 15.5. The van der Waals surface area contributed by atoms with Crippen LogP contribution in [0.1, 0.15) is 32.2 Å². The predicted octanol–water partition coefficient (Wildman–Crippen LogP) is 3.29. The van der Waals surface area contributed by atoms with Gasteiger partial charge in [-0.05, 0) is 17.7 Å². The third-order valence-corrected chi connectivity index (χ3v) is 3.03. The van der Waals surface area contributed by atoms with Crippen LogP contribution >= 0.6 is 11.6 Å². The van der Waals surface area contributed by atoms with Gasteiger partial charge < -0.3 is 10.2 Å². The quantitative estimate of drug-likeness (QED) is 0.670. The van der Waals surface area contributed by atoms with E-state index in [2.05, 4.69) is 15.4 Å². The van der Waals surface area contributed by atoms with Crippen molar-refractivity contribution in [3.8, 4) is 5.88 Å². The second-order valence-electron chi connectivity index (χ2n) is 5.73. The molecule has 3 N–H and O–H groups in total. The van der Waals surface area contributed by atoms with E-state index in [1.165, 1.54) is 0 Å². The Morgan fingerprint density at radius 2 is 2.00 bits per heavy atom. The van der Waals surface area contributed by atoms with Crippen LogP contribution in [0.4, 0.5) is 5.82 Å². The lowest BCUT2D eigenvalue weighted by molar-refractivity contribution is 0.290. The van der Waals surface area contributed by atoms with Gasteiger partial charge in [0.25, 0.3) is 0 Å². The van der Waals surface area contributed by atoms with Crippen molar-refractivity contribution in [3.05, 3.63) is 46.7 Å². The molecule has 0 aliphatic heterocycles. The van der Waals surface area contributed by atoms with E-state index in [9.17, 15) is 0 Å². The van der Waals surface area contributed by atoms with E-state index in [0.717, 1.165) is 5.56 Å². The highest BCUT2D eigenvalue weighted by molar-refractivity contribution is 6.30. The fourth-order valence-electron chi connectivity index (χ4n) is 1.69. The van der Waals surface area contributed by atoms with Crippen LogP contribution in [0, 0.1) is 0 Å². The molecular weight excluding hydrogens is 288 g/mol. The van der Waals surface area contributed by atoms with Crippen LogP contribution in [0.3, 0.4) is 0 Å². The molecule has 2 rings (SSSR count). The van der Waals surface area contributed by atoms with Gasteiger partial charge in [0, 0.05) is 16.5 Å². The summed E-state index contributed by atoms with van der Waals surface area (Å²) in [7, 11) is 0. The normalized spacial score (nSPS) is 11.3. The Hall–Kier alpha value is -1.85. The number of nitrogens with two attached hydrogens (primary N) is 1. The number of hydrogen-bond donors (Lipinski definition) is 2. The SMILES string of the molecule is CC(C)(C)c1nc(NN)cc(OCc2cccc(Cl)c2)n1. The number of anilines is 1. The molecule has 0 saturated carbocycles. The molecule has 6 heteroatoms. The van der Waals surface area contributed by atoms with Gasteiger partial charge in [0.1, 0.15) is 18.2 Å². The highest BCUT2D eigenvalue weighted by atomic mass is 35.5. The first-order valence-electron chi connectivity index (χ1n) is 6.62. The van der Waals surface area contributed by atoms with Crippen molar-refractivity contribution in [2.45, 2.75) is 32.8 Å². The maximum absolute atomic E-state index is 5.95. The molecule has 112 valence electrons. The van der Waals surface area contributed by atoms with Gasteiger partial charge in [0.15, 0.2) is 0 Å². The van der Waals surface area contributed by atoms with Crippen LogP contribution in [-0.2, 0) is 12.0 Å². The van der Waals surface area contributed by atoms with Crippen LogP contribution in [0.5, 0.6) is 5.88 Å². The van der Waals surface area contributed by atoms with Gasteiger partial charge in [-0.1, -0.05) is 44.5 Å². The van der Waals surface area contributed by atoms with E-state index in [-0.39, 0.29) is 5.41 Å². The number of halogens is 1. The van der Waals surface area contributed by atoms with Crippen LogP contribution < -0.4 is 16.0 Å². The molecule has 1 aromatic heterocycles. The molecule has 1 aromatic carbocycles. The van der Waals surface area contributed by atoms with Gasteiger partial charge in [-0.15, -0.1) is 0 Å². The van der Waals surface area contributed by atoms with Crippen LogP contribution in [-0.4, -0.2) is 9.97 Å². The summed E-state index contributed by atoms with van der Waals surface area (Å²) in [4.78, 5) is 8.77. The van der Waals surface area contributed by atoms with E-state index >= 15 is 0 Å². The number of nitrogens with one attached hydrogen (secondary N) is 1. The number of aromatic nitrogens is 2. The van der Waals surface area contributed by atoms with Crippen molar-refractivity contribution >= 4 is 17.4 Å². The van der Waals surface area contributed by atoms with Crippen LogP contribution in [0.25, 0.3) is 0 Å². The van der Waals surface area contributed by atoms with E-state index in [4.69, 9.17) is 22.2 Å². The van der Waals surface area contributed by atoms with E-state index in [1.54, 1.807) is 6.07 Å². The molecule has 0 bridgehead atoms. The largest absolute Gasteiger partial charge is 0.473 e. The molecule has 5 nitrogen and oxygen atoms in total. The fourth-order valence-corrected chi connectivity index (χ4v) is 1.91. The molecule has 0 atom stereocenters. The van der Waals surface area contributed by atoms with Crippen molar-refractivity contribution in [2.24, 2.45) is 5.84 Å². The van der Waals surface area contributed by atoms with E-state index in [0.29, 0.717) is 29.2 Å². The Kier molecular flexibility index (Phi) is 4.65. The van der Waals surface area contributed by atoms with Crippen molar-refractivity contribution in [1.82, 2.24) is 9.97 Å².